The molecule has 5 heteroatoms. The van der Waals surface area contributed by atoms with Crippen LogP contribution in [-0.2, 0) is 4.79 Å². The highest BCUT2D eigenvalue weighted by atomic mass is 16.5. The standard InChI is InChI=1S/C13H16N2O3/c1-3-8-14-12(16)9-15-13(17)10-6-4-5-7-11(10)18-2/h3-7H,1,8-9H2,2H3,(H,14,16)(H,15,17). The first-order valence-electron chi connectivity index (χ1n) is 5.48. The van der Waals surface area contributed by atoms with Crippen molar-refractivity contribution in [3.63, 3.8) is 0 Å². The number of hydrogen-bond donors (Lipinski definition) is 2. The zero-order valence-corrected chi connectivity index (χ0v) is 10.2. The number of ether oxygens (including phenoxy) is 1. The highest BCUT2D eigenvalue weighted by molar-refractivity contribution is 5.98. The summed E-state index contributed by atoms with van der Waals surface area (Å²) in [5.41, 5.74) is 0.400. The lowest BCUT2D eigenvalue weighted by Gasteiger charge is -2.08. The van der Waals surface area contributed by atoms with Gasteiger partial charge in [-0.3, -0.25) is 9.59 Å². The molecule has 0 bridgehead atoms. The van der Waals surface area contributed by atoms with Gasteiger partial charge in [-0.15, -0.1) is 6.58 Å². The van der Waals surface area contributed by atoms with Gasteiger partial charge in [0.2, 0.25) is 5.91 Å². The van der Waals surface area contributed by atoms with E-state index in [1.54, 1.807) is 30.3 Å². The third kappa shape index (κ3) is 3.93. The zero-order valence-electron chi connectivity index (χ0n) is 10.2. The second kappa shape index (κ2) is 7.11. The molecule has 0 heterocycles. The van der Waals surface area contributed by atoms with E-state index in [1.165, 1.54) is 7.11 Å². The molecule has 0 spiro atoms. The van der Waals surface area contributed by atoms with Crippen molar-refractivity contribution in [3.05, 3.63) is 42.5 Å². The fourth-order valence-corrected chi connectivity index (χ4v) is 1.34. The van der Waals surface area contributed by atoms with Gasteiger partial charge in [-0.1, -0.05) is 18.2 Å². The number of hydrogen-bond acceptors (Lipinski definition) is 3. The molecule has 0 unspecified atom stereocenters. The van der Waals surface area contributed by atoms with Crippen molar-refractivity contribution in [1.82, 2.24) is 10.6 Å². The Hall–Kier alpha value is -2.30. The molecular formula is C13H16N2O3. The monoisotopic (exact) mass is 248 g/mol. The Morgan fingerprint density at radius 3 is 2.72 bits per heavy atom. The van der Waals surface area contributed by atoms with Gasteiger partial charge in [-0.2, -0.15) is 0 Å². The number of benzene rings is 1. The summed E-state index contributed by atoms with van der Waals surface area (Å²) in [5, 5.41) is 5.08. The van der Waals surface area contributed by atoms with Gasteiger partial charge in [0, 0.05) is 6.54 Å². The number of rotatable bonds is 6. The van der Waals surface area contributed by atoms with E-state index in [1.807, 2.05) is 0 Å². The number of amides is 2. The maximum absolute atomic E-state index is 11.8. The quantitative estimate of drug-likeness (QED) is 0.729. The SMILES string of the molecule is C=CCNC(=O)CNC(=O)c1ccccc1OC. The summed E-state index contributed by atoms with van der Waals surface area (Å²) in [4.78, 5) is 23.1. The Kier molecular flexibility index (Phi) is 5.44. The fourth-order valence-electron chi connectivity index (χ4n) is 1.34. The lowest BCUT2D eigenvalue weighted by atomic mass is 10.2. The average molecular weight is 248 g/mol. The molecule has 2 N–H and O–H groups in total. The molecule has 5 nitrogen and oxygen atoms in total. The molecule has 1 aromatic rings. The predicted octanol–water partition coefficient (Wildman–Crippen LogP) is 0.727. The molecule has 0 aliphatic heterocycles. The second-order valence-corrected chi connectivity index (χ2v) is 3.48. The maximum atomic E-state index is 11.8. The Morgan fingerprint density at radius 2 is 2.06 bits per heavy atom. The average Bonchev–Trinajstić information content (AvgIpc) is 2.42. The Morgan fingerprint density at radius 1 is 1.33 bits per heavy atom. The first kappa shape index (κ1) is 13.8. The number of carbonyl (C=O) groups excluding carboxylic acids is 2. The van der Waals surface area contributed by atoms with Crippen LogP contribution in [0.5, 0.6) is 5.75 Å². The minimum Gasteiger partial charge on any atom is -0.496 e. The van der Waals surface area contributed by atoms with E-state index >= 15 is 0 Å². The molecule has 0 saturated heterocycles. The molecule has 0 saturated carbocycles. The van der Waals surface area contributed by atoms with Crippen molar-refractivity contribution >= 4 is 11.8 Å². The van der Waals surface area contributed by atoms with Crippen LogP contribution in [0.1, 0.15) is 10.4 Å². The lowest BCUT2D eigenvalue weighted by molar-refractivity contribution is -0.119. The van der Waals surface area contributed by atoms with Gasteiger partial charge in [0.05, 0.1) is 19.2 Å². The van der Waals surface area contributed by atoms with E-state index in [4.69, 9.17) is 4.74 Å². The Labute approximate surface area is 106 Å². The summed E-state index contributed by atoms with van der Waals surface area (Å²) >= 11 is 0. The smallest absolute Gasteiger partial charge is 0.255 e. The number of nitrogens with one attached hydrogen (secondary N) is 2. The van der Waals surface area contributed by atoms with Crippen LogP contribution in [0.2, 0.25) is 0 Å². The van der Waals surface area contributed by atoms with Crippen LogP contribution >= 0.6 is 0 Å². The van der Waals surface area contributed by atoms with Crippen LogP contribution in [0.3, 0.4) is 0 Å². The fraction of sp³-hybridized carbons (Fsp3) is 0.231. The van der Waals surface area contributed by atoms with E-state index in [-0.39, 0.29) is 18.4 Å². The summed E-state index contributed by atoms with van der Waals surface area (Å²) in [5.74, 6) is -0.138. The van der Waals surface area contributed by atoms with Crippen LogP contribution in [0.4, 0.5) is 0 Å². The van der Waals surface area contributed by atoms with Gasteiger partial charge in [0.1, 0.15) is 5.75 Å². The molecule has 0 aromatic heterocycles. The van der Waals surface area contributed by atoms with Crippen LogP contribution in [0.15, 0.2) is 36.9 Å². The molecule has 96 valence electrons. The minimum atomic E-state index is -0.346. The first-order valence-corrected chi connectivity index (χ1v) is 5.48. The third-order valence-electron chi connectivity index (χ3n) is 2.20. The maximum Gasteiger partial charge on any atom is 0.255 e. The number of para-hydroxylation sites is 1. The van der Waals surface area contributed by atoms with Gasteiger partial charge >= 0.3 is 0 Å². The number of methoxy groups -OCH3 is 1. The van der Waals surface area contributed by atoms with E-state index in [9.17, 15) is 9.59 Å². The molecule has 0 aliphatic rings. The van der Waals surface area contributed by atoms with Crippen LogP contribution in [-0.4, -0.2) is 32.0 Å². The van der Waals surface area contributed by atoms with E-state index < -0.39 is 0 Å². The van der Waals surface area contributed by atoms with Gasteiger partial charge in [0.25, 0.3) is 5.91 Å². The molecule has 18 heavy (non-hydrogen) atoms. The summed E-state index contributed by atoms with van der Waals surface area (Å²) in [7, 11) is 1.49. The topological polar surface area (TPSA) is 67.4 Å². The summed E-state index contributed by atoms with van der Waals surface area (Å²) in [6.45, 7) is 3.78. The van der Waals surface area contributed by atoms with Crippen LogP contribution in [0, 0.1) is 0 Å². The molecular weight excluding hydrogens is 232 g/mol. The van der Waals surface area contributed by atoms with Crippen LogP contribution < -0.4 is 15.4 Å². The van der Waals surface area contributed by atoms with Crippen molar-refractivity contribution in [2.45, 2.75) is 0 Å². The zero-order chi connectivity index (χ0) is 13.4. The van der Waals surface area contributed by atoms with E-state index in [0.29, 0.717) is 17.9 Å². The molecule has 0 aliphatic carbocycles. The van der Waals surface area contributed by atoms with Crippen molar-refractivity contribution in [1.29, 1.82) is 0 Å². The van der Waals surface area contributed by atoms with Crippen LogP contribution in [0.25, 0.3) is 0 Å². The van der Waals surface area contributed by atoms with Crippen molar-refractivity contribution in [2.75, 3.05) is 20.2 Å². The molecule has 1 aromatic carbocycles. The van der Waals surface area contributed by atoms with Gasteiger partial charge < -0.3 is 15.4 Å². The molecule has 1 rings (SSSR count). The molecule has 2 amide bonds. The first-order chi connectivity index (χ1) is 8.69. The molecule has 0 fully saturated rings. The van der Waals surface area contributed by atoms with Crippen molar-refractivity contribution < 1.29 is 14.3 Å². The van der Waals surface area contributed by atoms with Crippen molar-refractivity contribution in [2.24, 2.45) is 0 Å². The highest BCUT2D eigenvalue weighted by Crippen LogP contribution is 2.16. The third-order valence-corrected chi connectivity index (χ3v) is 2.20. The largest absolute Gasteiger partial charge is 0.496 e. The van der Waals surface area contributed by atoms with Gasteiger partial charge in [-0.25, -0.2) is 0 Å². The van der Waals surface area contributed by atoms with Crippen molar-refractivity contribution in [3.8, 4) is 5.75 Å². The van der Waals surface area contributed by atoms with E-state index in [0.717, 1.165) is 0 Å². The Bertz CT molecular complexity index is 444. The summed E-state index contributed by atoms with van der Waals surface area (Å²) in [6, 6.07) is 6.82. The predicted molar refractivity (Wildman–Crippen MR) is 68.5 cm³/mol. The van der Waals surface area contributed by atoms with Gasteiger partial charge in [0.15, 0.2) is 0 Å². The normalized spacial score (nSPS) is 9.39. The lowest BCUT2D eigenvalue weighted by Crippen LogP contribution is -2.37. The summed E-state index contributed by atoms with van der Waals surface area (Å²) < 4.78 is 5.06. The second-order valence-electron chi connectivity index (χ2n) is 3.48. The minimum absolute atomic E-state index is 0.0786. The highest BCUT2D eigenvalue weighted by Gasteiger charge is 2.11. The van der Waals surface area contributed by atoms with E-state index in [2.05, 4.69) is 17.2 Å². The molecule has 0 atom stereocenters. The summed E-state index contributed by atoms with van der Waals surface area (Å²) in [6.07, 6.45) is 1.57. The number of carbonyl (C=O) groups is 2. The molecule has 0 radical (unpaired) electrons. The van der Waals surface area contributed by atoms with Gasteiger partial charge in [-0.05, 0) is 12.1 Å². The Balaban J connectivity index is 2.55.